The highest BCUT2D eigenvalue weighted by atomic mass is 19.4. The van der Waals surface area contributed by atoms with Gasteiger partial charge in [0.25, 0.3) is 0 Å². The van der Waals surface area contributed by atoms with E-state index in [1.807, 2.05) is 0 Å². The molecule has 1 heterocycles. The Balaban J connectivity index is 2.07. The molecule has 0 bridgehead atoms. The molecular formula is C15H17F3N2O3. The first kappa shape index (κ1) is 17.3. The number of nitrogens with zero attached hydrogens (tertiary/aromatic N) is 1. The number of anilines is 1. The number of nitrogens with one attached hydrogen (secondary N) is 1. The fraction of sp³-hybridized carbons (Fsp3) is 0.467. The molecule has 0 aromatic heterocycles. The second-order valence-electron chi connectivity index (χ2n) is 5.24. The summed E-state index contributed by atoms with van der Waals surface area (Å²) in [5.74, 6) is -1.24. The van der Waals surface area contributed by atoms with Gasteiger partial charge in [-0.25, -0.2) is 0 Å². The molecule has 5 nitrogen and oxygen atoms in total. The molecule has 2 rings (SSSR count). The van der Waals surface area contributed by atoms with E-state index in [-0.39, 0.29) is 30.5 Å². The molecule has 8 heteroatoms. The first-order valence-electron chi connectivity index (χ1n) is 7.07. The monoisotopic (exact) mass is 330 g/mol. The zero-order chi connectivity index (χ0) is 17.0. The maximum absolute atomic E-state index is 12.8. The van der Waals surface area contributed by atoms with Gasteiger partial charge in [-0.15, -0.1) is 0 Å². The number of alkyl halides is 3. The molecular weight excluding hydrogens is 313 g/mol. The summed E-state index contributed by atoms with van der Waals surface area (Å²) >= 11 is 0. The fourth-order valence-electron chi connectivity index (χ4n) is 2.40. The Morgan fingerprint density at radius 3 is 2.83 bits per heavy atom. The lowest BCUT2D eigenvalue weighted by molar-refractivity contribution is -0.137. The molecule has 1 aromatic rings. The van der Waals surface area contributed by atoms with Crippen molar-refractivity contribution < 1.29 is 27.5 Å². The SMILES string of the molecule is COCCNC(=O)[C@H]1CC(=O)N(c2cccc(C(F)(F)F)c2)C1. The Hall–Kier alpha value is -2.09. The molecule has 1 fully saturated rings. The molecule has 0 spiro atoms. The first-order chi connectivity index (χ1) is 10.8. The van der Waals surface area contributed by atoms with Gasteiger partial charge in [-0.2, -0.15) is 13.2 Å². The average Bonchev–Trinajstić information content (AvgIpc) is 2.89. The van der Waals surface area contributed by atoms with Gasteiger partial charge in [0.1, 0.15) is 0 Å². The van der Waals surface area contributed by atoms with E-state index in [0.717, 1.165) is 12.1 Å². The Morgan fingerprint density at radius 1 is 1.43 bits per heavy atom. The number of carbonyl (C=O) groups excluding carboxylic acids is 2. The van der Waals surface area contributed by atoms with Gasteiger partial charge in [-0.05, 0) is 18.2 Å². The molecule has 1 aliphatic rings. The van der Waals surface area contributed by atoms with Crippen LogP contribution in [0.15, 0.2) is 24.3 Å². The molecule has 0 radical (unpaired) electrons. The van der Waals surface area contributed by atoms with E-state index < -0.39 is 17.7 Å². The van der Waals surface area contributed by atoms with Crippen LogP contribution in [-0.2, 0) is 20.5 Å². The number of benzene rings is 1. The van der Waals surface area contributed by atoms with E-state index in [4.69, 9.17) is 4.74 Å². The van der Waals surface area contributed by atoms with Crippen molar-refractivity contribution in [2.45, 2.75) is 12.6 Å². The summed E-state index contributed by atoms with van der Waals surface area (Å²) in [6, 6.07) is 4.54. The molecule has 126 valence electrons. The Bertz CT molecular complexity index is 590. The quantitative estimate of drug-likeness (QED) is 0.838. The van der Waals surface area contributed by atoms with E-state index in [9.17, 15) is 22.8 Å². The van der Waals surface area contributed by atoms with Gasteiger partial charge in [0.05, 0.1) is 18.1 Å². The van der Waals surface area contributed by atoms with Gasteiger partial charge in [0, 0.05) is 32.3 Å². The summed E-state index contributed by atoms with van der Waals surface area (Å²) in [4.78, 5) is 25.2. The maximum atomic E-state index is 12.8. The van der Waals surface area contributed by atoms with E-state index >= 15 is 0 Å². The number of halogens is 3. The average molecular weight is 330 g/mol. The van der Waals surface area contributed by atoms with Crippen molar-refractivity contribution in [3.8, 4) is 0 Å². The molecule has 0 aliphatic carbocycles. The predicted octanol–water partition coefficient (Wildman–Crippen LogP) is 1.82. The zero-order valence-electron chi connectivity index (χ0n) is 12.5. The van der Waals surface area contributed by atoms with Gasteiger partial charge in [0.15, 0.2) is 0 Å². The van der Waals surface area contributed by atoms with Crippen molar-refractivity contribution in [2.24, 2.45) is 5.92 Å². The van der Waals surface area contributed by atoms with Crippen LogP contribution in [0.25, 0.3) is 0 Å². The van der Waals surface area contributed by atoms with Crippen molar-refractivity contribution in [2.75, 3.05) is 31.7 Å². The number of amides is 2. The molecule has 1 aliphatic heterocycles. The largest absolute Gasteiger partial charge is 0.416 e. The lowest BCUT2D eigenvalue weighted by atomic mass is 10.1. The lowest BCUT2D eigenvalue weighted by Gasteiger charge is -2.18. The predicted molar refractivity (Wildman–Crippen MR) is 76.8 cm³/mol. The minimum absolute atomic E-state index is 0.0188. The van der Waals surface area contributed by atoms with Crippen LogP contribution < -0.4 is 10.2 Å². The molecule has 2 amide bonds. The van der Waals surface area contributed by atoms with Gasteiger partial charge in [0.2, 0.25) is 11.8 Å². The number of methoxy groups -OCH3 is 1. The maximum Gasteiger partial charge on any atom is 0.416 e. The van der Waals surface area contributed by atoms with Crippen LogP contribution in [0.3, 0.4) is 0 Å². The van der Waals surface area contributed by atoms with Crippen LogP contribution >= 0.6 is 0 Å². The van der Waals surface area contributed by atoms with E-state index in [0.29, 0.717) is 13.2 Å². The topological polar surface area (TPSA) is 58.6 Å². The van der Waals surface area contributed by atoms with Crippen LogP contribution in [0.1, 0.15) is 12.0 Å². The molecule has 1 aromatic carbocycles. The summed E-state index contributed by atoms with van der Waals surface area (Å²) in [6.07, 6.45) is -4.50. The Morgan fingerprint density at radius 2 is 2.17 bits per heavy atom. The third-order valence-corrected chi connectivity index (χ3v) is 3.59. The van der Waals surface area contributed by atoms with Crippen molar-refractivity contribution >= 4 is 17.5 Å². The summed E-state index contributed by atoms with van der Waals surface area (Å²) < 4.78 is 43.1. The molecule has 23 heavy (non-hydrogen) atoms. The summed E-state index contributed by atoms with van der Waals surface area (Å²) in [5.41, 5.74) is -0.673. The number of carbonyl (C=O) groups is 2. The number of hydrogen-bond donors (Lipinski definition) is 1. The van der Waals surface area contributed by atoms with Crippen molar-refractivity contribution in [1.82, 2.24) is 5.32 Å². The van der Waals surface area contributed by atoms with E-state index in [1.54, 1.807) is 0 Å². The van der Waals surface area contributed by atoms with Crippen LogP contribution in [0.4, 0.5) is 18.9 Å². The number of ether oxygens (including phenoxy) is 1. The van der Waals surface area contributed by atoms with Crippen LogP contribution in [0, 0.1) is 5.92 Å². The minimum Gasteiger partial charge on any atom is -0.383 e. The summed E-state index contributed by atoms with van der Waals surface area (Å²) in [5, 5.41) is 2.63. The second kappa shape index (κ2) is 6.99. The normalized spacial score (nSPS) is 18.3. The highest BCUT2D eigenvalue weighted by molar-refractivity contribution is 6.00. The van der Waals surface area contributed by atoms with Crippen LogP contribution in [0.5, 0.6) is 0 Å². The molecule has 1 atom stereocenters. The lowest BCUT2D eigenvalue weighted by Crippen LogP contribution is -2.34. The summed E-state index contributed by atoms with van der Waals surface area (Å²) in [6.45, 7) is 0.742. The zero-order valence-corrected chi connectivity index (χ0v) is 12.5. The standard InChI is InChI=1S/C15H17F3N2O3/c1-23-6-5-19-14(22)10-7-13(21)20(9-10)12-4-2-3-11(8-12)15(16,17)18/h2-4,8,10H,5-7,9H2,1H3,(H,19,22)/t10-/m0/s1. The third-order valence-electron chi connectivity index (χ3n) is 3.59. The fourth-order valence-corrected chi connectivity index (χ4v) is 2.40. The van der Waals surface area contributed by atoms with Crippen LogP contribution in [-0.4, -0.2) is 38.6 Å². The highest BCUT2D eigenvalue weighted by Crippen LogP contribution is 2.33. The highest BCUT2D eigenvalue weighted by Gasteiger charge is 2.36. The van der Waals surface area contributed by atoms with Gasteiger partial charge < -0.3 is 15.0 Å². The molecule has 0 unspecified atom stereocenters. The van der Waals surface area contributed by atoms with Gasteiger partial charge in [-0.1, -0.05) is 6.07 Å². The smallest absolute Gasteiger partial charge is 0.383 e. The van der Waals surface area contributed by atoms with Gasteiger partial charge in [-0.3, -0.25) is 9.59 Å². The van der Waals surface area contributed by atoms with Crippen LogP contribution in [0.2, 0.25) is 0 Å². The second-order valence-corrected chi connectivity index (χ2v) is 5.24. The number of hydrogen-bond acceptors (Lipinski definition) is 3. The van der Waals surface area contributed by atoms with E-state index in [1.165, 1.54) is 24.1 Å². The van der Waals surface area contributed by atoms with Gasteiger partial charge >= 0.3 is 6.18 Å². The Kier molecular flexibility index (Phi) is 5.25. The third kappa shape index (κ3) is 4.22. The van der Waals surface area contributed by atoms with Crippen molar-refractivity contribution in [3.63, 3.8) is 0 Å². The molecule has 1 N–H and O–H groups in total. The summed E-state index contributed by atoms with van der Waals surface area (Å²) in [7, 11) is 1.50. The number of rotatable bonds is 5. The van der Waals surface area contributed by atoms with E-state index in [2.05, 4.69) is 5.32 Å². The minimum atomic E-state index is -4.48. The Labute approximate surface area is 131 Å². The first-order valence-corrected chi connectivity index (χ1v) is 7.07. The van der Waals surface area contributed by atoms with Crippen molar-refractivity contribution in [3.05, 3.63) is 29.8 Å². The molecule has 0 saturated carbocycles. The molecule has 1 saturated heterocycles. The van der Waals surface area contributed by atoms with Crippen molar-refractivity contribution in [1.29, 1.82) is 0 Å².